The lowest BCUT2D eigenvalue weighted by Crippen LogP contribution is -2.89. The van der Waals surface area contributed by atoms with Crippen LogP contribution >= 0.6 is 0 Å². The number of nitrogens with two attached hydrogens (primary N) is 1. The van der Waals surface area contributed by atoms with Crippen LogP contribution in [-0.4, -0.2) is 91.1 Å². The SMILES string of the molecule is C[C@@H]1CC(=O)[C@@]23OC(N(C)C)O[C@H]4CCC(C)(C)C([C@H](O)[C@H](OC(=O)NCCN)[C@@]2(C)O1)[C@]43C. The van der Waals surface area contributed by atoms with Crippen LogP contribution in [0.1, 0.15) is 53.9 Å². The van der Waals surface area contributed by atoms with E-state index in [1.807, 2.05) is 27.9 Å². The highest BCUT2D eigenvalue weighted by Gasteiger charge is 2.83. The number of nitrogens with zero attached hydrogens (tertiary/aromatic N) is 1. The molecule has 2 saturated carbocycles. The fourth-order valence-corrected chi connectivity index (χ4v) is 7.64. The van der Waals surface area contributed by atoms with Crippen molar-refractivity contribution in [1.29, 1.82) is 0 Å². The van der Waals surface area contributed by atoms with Gasteiger partial charge in [-0.25, -0.2) is 4.79 Å². The number of ether oxygens (including phenoxy) is 4. The highest BCUT2D eigenvalue weighted by molar-refractivity contribution is 5.92. The lowest BCUT2D eigenvalue weighted by atomic mass is 9.39. The molecule has 1 amide bonds. The molecule has 194 valence electrons. The number of carbonyl (C=O) groups excluding carboxylic acids is 2. The first kappa shape index (κ1) is 25.8. The third kappa shape index (κ3) is 3.29. The van der Waals surface area contributed by atoms with Crippen LogP contribution in [0.3, 0.4) is 0 Å². The predicted octanol–water partition coefficient (Wildman–Crippen LogP) is 0.993. The molecular formula is C24H41N3O7. The fraction of sp³-hybridized carbons (Fsp3) is 0.917. The molecule has 0 aromatic carbocycles. The van der Waals surface area contributed by atoms with Crippen molar-refractivity contribution in [3.05, 3.63) is 0 Å². The maximum absolute atomic E-state index is 14.2. The van der Waals surface area contributed by atoms with Gasteiger partial charge in [0.05, 0.1) is 18.3 Å². The Morgan fingerprint density at radius 1 is 1.26 bits per heavy atom. The zero-order valence-electron chi connectivity index (χ0n) is 21.4. The van der Waals surface area contributed by atoms with E-state index in [0.717, 1.165) is 6.42 Å². The average molecular weight is 484 g/mol. The summed E-state index contributed by atoms with van der Waals surface area (Å²) < 4.78 is 25.5. The summed E-state index contributed by atoms with van der Waals surface area (Å²) in [7, 11) is 3.66. The smallest absolute Gasteiger partial charge is 0.407 e. The maximum atomic E-state index is 14.2. The highest BCUT2D eigenvalue weighted by Crippen LogP contribution is 2.69. The third-order valence-corrected chi connectivity index (χ3v) is 8.80. The summed E-state index contributed by atoms with van der Waals surface area (Å²) >= 11 is 0. The summed E-state index contributed by atoms with van der Waals surface area (Å²) in [5.41, 5.74) is 1.29. The van der Waals surface area contributed by atoms with Crippen LogP contribution < -0.4 is 11.1 Å². The van der Waals surface area contributed by atoms with Crippen molar-refractivity contribution >= 4 is 11.9 Å². The molecule has 9 atom stereocenters. The van der Waals surface area contributed by atoms with E-state index in [2.05, 4.69) is 19.2 Å². The van der Waals surface area contributed by atoms with Crippen LogP contribution in [0.5, 0.6) is 0 Å². The Morgan fingerprint density at radius 3 is 2.56 bits per heavy atom. The summed E-state index contributed by atoms with van der Waals surface area (Å²) in [6.45, 7) is 10.2. The standard InChI is InChI=1S/C24H41N3O7/c1-13-12-14(28)24-22(4)15(31-20(34-24)27(6)7)8-9-21(2,3)17(22)16(29)18(23(24,5)33-13)32-19(30)26-11-10-25/h13,15-18,20,29H,8-12,25H2,1-7H3,(H,26,30)/t13-,15+,16+,17?,18+,20?,22+,23-,24+/m1/s1. The molecule has 4 aliphatic rings. The molecule has 2 aliphatic carbocycles. The highest BCUT2D eigenvalue weighted by atomic mass is 16.7. The second kappa shape index (κ2) is 8.38. The second-order valence-corrected chi connectivity index (χ2v) is 11.7. The molecule has 0 aromatic rings. The number of hydrogen-bond acceptors (Lipinski definition) is 9. The van der Waals surface area contributed by atoms with Gasteiger partial charge in [0, 0.05) is 30.8 Å². The van der Waals surface area contributed by atoms with Crippen molar-refractivity contribution in [2.45, 2.75) is 95.9 Å². The minimum Gasteiger partial charge on any atom is -0.440 e. The first-order valence-electron chi connectivity index (χ1n) is 12.3. The Labute approximate surface area is 201 Å². The van der Waals surface area contributed by atoms with Gasteiger partial charge in [-0.3, -0.25) is 9.69 Å². The lowest BCUT2D eigenvalue weighted by Gasteiger charge is -2.74. The molecular weight excluding hydrogens is 442 g/mol. The van der Waals surface area contributed by atoms with Crippen LogP contribution in [0.15, 0.2) is 0 Å². The first-order valence-corrected chi connectivity index (χ1v) is 12.3. The number of amides is 1. The van der Waals surface area contributed by atoms with E-state index in [-0.39, 0.29) is 36.8 Å². The van der Waals surface area contributed by atoms with Gasteiger partial charge in [-0.15, -0.1) is 0 Å². The molecule has 2 saturated heterocycles. The van der Waals surface area contributed by atoms with E-state index >= 15 is 0 Å². The number of Topliss-reactive ketones (excluding diaryl/α,β-unsaturated/α-hetero) is 1. The quantitative estimate of drug-likeness (QED) is 0.535. The lowest BCUT2D eigenvalue weighted by molar-refractivity contribution is -0.452. The predicted molar refractivity (Wildman–Crippen MR) is 123 cm³/mol. The van der Waals surface area contributed by atoms with Gasteiger partial charge in [-0.05, 0) is 46.2 Å². The Kier molecular flexibility index (Phi) is 6.36. The van der Waals surface area contributed by atoms with Crippen molar-refractivity contribution in [1.82, 2.24) is 10.2 Å². The first-order chi connectivity index (χ1) is 15.8. The van der Waals surface area contributed by atoms with E-state index < -0.39 is 53.4 Å². The van der Waals surface area contributed by atoms with E-state index in [0.29, 0.717) is 6.42 Å². The molecule has 10 nitrogen and oxygen atoms in total. The Hall–Kier alpha value is -1.30. The van der Waals surface area contributed by atoms with Gasteiger partial charge in [0.15, 0.2) is 17.5 Å². The summed E-state index contributed by atoms with van der Waals surface area (Å²) in [6.07, 6.45) is -2.90. The fourth-order valence-electron chi connectivity index (χ4n) is 7.64. The molecule has 2 heterocycles. The monoisotopic (exact) mass is 483 g/mol. The molecule has 4 fully saturated rings. The van der Waals surface area contributed by atoms with E-state index in [4.69, 9.17) is 24.7 Å². The minimum absolute atomic E-state index is 0.109. The number of ketones is 1. The van der Waals surface area contributed by atoms with E-state index in [1.54, 1.807) is 11.8 Å². The zero-order valence-corrected chi connectivity index (χ0v) is 21.4. The Balaban J connectivity index is 1.93. The molecule has 0 aromatic heterocycles. The Morgan fingerprint density at radius 2 is 1.94 bits per heavy atom. The molecule has 2 unspecified atom stereocenters. The summed E-state index contributed by atoms with van der Waals surface area (Å²) in [4.78, 5) is 28.7. The van der Waals surface area contributed by atoms with Crippen LogP contribution in [0.2, 0.25) is 0 Å². The molecule has 0 bridgehead atoms. The number of hydrogen-bond donors (Lipinski definition) is 3. The van der Waals surface area contributed by atoms with Crippen LogP contribution in [-0.2, 0) is 23.7 Å². The molecule has 4 N–H and O–H groups in total. The van der Waals surface area contributed by atoms with Crippen LogP contribution in [0.25, 0.3) is 0 Å². The van der Waals surface area contributed by atoms with Crippen LogP contribution in [0.4, 0.5) is 4.79 Å². The van der Waals surface area contributed by atoms with Gasteiger partial charge >= 0.3 is 6.09 Å². The molecule has 34 heavy (non-hydrogen) atoms. The molecule has 1 spiro atoms. The van der Waals surface area contributed by atoms with Gasteiger partial charge in [0.25, 0.3) is 0 Å². The van der Waals surface area contributed by atoms with Crippen molar-refractivity contribution in [2.75, 3.05) is 27.2 Å². The summed E-state index contributed by atoms with van der Waals surface area (Å²) in [6, 6.07) is 0. The average Bonchev–Trinajstić information content (AvgIpc) is 2.72. The normalized spacial score (nSPS) is 47.5. The van der Waals surface area contributed by atoms with Crippen molar-refractivity contribution in [3.8, 4) is 0 Å². The number of alkyl carbamates (subject to hydrolysis) is 1. The second-order valence-electron chi connectivity index (χ2n) is 11.7. The number of rotatable bonds is 4. The third-order valence-electron chi connectivity index (χ3n) is 8.80. The summed E-state index contributed by atoms with van der Waals surface area (Å²) in [5, 5.41) is 14.5. The maximum Gasteiger partial charge on any atom is 0.407 e. The van der Waals surface area contributed by atoms with E-state index in [9.17, 15) is 14.7 Å². The molecule has 2 aliphatic heterocycles. The van der Waals surface area contributed by atoms with Crippen LogP contribution in [0, 0.1) is 16.7 Å². The topological polar surface area (TPSA) is 133 Å². The van der Waals surface area contributed by atoms with Gasteiger partial charge in [0.2, 0.25) is 6.41 Å². The Bertz CT molecular complexity index is 837. The molecule has 4 rings (SSSR count). The van der Waals surface area contributed by atoms with Gasteiger partial charge in [-0.1, -0.05) is 20.8 Å². The van der Waals surface area contributed by atoms with E-state index in [1.165, 1.54) is 0 Å². The zero-order chi connectivity index (χ0) is 25.3. The molecule has 10 heteroatoms. The van der Waals surface area contributed by atoms with Gasteiger partial charge < -0.3 is 35.1 Å². The summed E-state index contributed by atoms with van der Waals surface area (Å²) in [5.74, 6) is -0.565. The number of aliphatic hydroxyl groups excluding tert-OH is 1. The van der Waals surface area contributed by atoms with Gasteiger partial charge in [-0.2, -0.15) is 0 Å². The van der Waals surface area contributed by atoms with Gasteiger partial charge in [0.1, 0.15) is 5.60 Å². The minimum atomic E-state index is -1.50. The number of nitrogens with one attached hydrogen (secondary N) is 1. The molecule has 0 radical (unpaired) electrons. The van der Waals surface area contributed by atoms with Crippen molar-refractivity contribution < 1.29 is 33.6 Å². The largest absolute Gasteiger partial charge is 0.440 e. The number of carbonyl (C=O) groups is 2. The van der Waals surface area contributed by atoms with Crippen molar-refractivity contribution in [2.24, 2.45) is 22.5 Å². The van der Waals surface area contributed by atoms with Crippen molar-refractivity contribution in [3.63, 3.8) is 0 Å². The number of aliphatic hydroxyl groups is 1.